The second-order valence-corrected chi connectivity index (χ2v) is 4.28. The third-order valence-corrected chi connectivity index (χ3v) is 3.28. The number of nitrogens with zero attached hydrogens (tertiary/aromatic N) is 2. The molecule has 0 spiro atoms. The summed E-state index contributed by atoms with van der Waals surface area (Å²) in [6.07, 6.45) is 3.93. The Kier molecular flexibility index (Phi) is 2.37. The summed E-state index contributed by atoms with van der Waals surface area (Å²) in [7, 11) is 1.67. The first kappa shape index (κ1) is 10.4. The maximum Gasteiger partial charge on any atom is 0.144 e. The Labute approximate surface area is 100 Å². The summed E-state index contributed by atoms with van der Waals surface area (Å²) < 4.78 is 7.27. The lowest BCUT2D eigenvalue weighted by Gasteiger charge is -2.12. The summed E-state index contributed by atoms with van der Waals surface area (Å²) in [5.41, 5.74) is 9.44. The number of methoxy groups -OCH3 is 1. The molecule has 0 bridgehead atoms. The van der Waals surface area contributed by atoms with E-state index in [4.69, 9.17) is 10.5 Å². The molecule has 1 aromatic heterocycles. The monoisotopic (exact) mass is 229 g/mol. The predicted molar refractivity (Wildman–Crippen MR) is 65.4 cm³/mol. The maximum atomic E-state index is 6.12. The van der Waals surface area contributed by atoms with Crippen LogP contribution in [0.15, 0.2) is 30.5 Å². The van der Waals surface area contributed by atoms with Gasteiger partial charge >= 0.3 is 0 Å². The summed E-state index contributed by atoms with van der Waals surface area (Å²) in [6, 6.07) is 7.94. The van der Waals surface area contributed by atoms with Gasteiger partial charge in [0.05, 0.1) is 19.0 Å². The average molecular weight is 229 g/mol. The van der Waals surface area contributed by atoms with Crippen molar-refractivity contribution in [2.75, 3.05) is 7.11 Å². The standard InChI is InChI=1S/C13H15N3O/c1-17-12-5-3-2-4-11(12)16-13-9(8-15-16)6-7-10(13)14/h2-5,8,10H,6-7,14H2,1H3. The minimum Gasteiger partial charge on any atom is -0.494 e. The molecule has 1 aliphatic rings. The Morgan fingerprint density at radius 1 is 1.41 bits per heavy atom. The molecular weight excluding hydrogens is 214 g/mol. The fraction of sp³-hybridized carbons (Fsp3) is 0.308. The van der Waals surface area contributed by atoms with Crippen molar-refractivity contribution in [3.8, 4) is 11.4 Å². The molecule has 0 radical (unpaired) electrons. The normalized spacial score (nSPS) is 18.1. The number of aryl methyl sites for hydroxylation is 1. The van der Waals surface area contributed by atoms with Gasteiger partial charge in [-0.05, 0) is 30.5 Å². The Hall–Kier alpha value is -1.81. The second kappa shape index (κ2) is 3.89. The minimum absolute atomic E-state index is 0.0809. The molecule has 0 saturated heterocycles. The third-order valence-electron chi connectivity index (χ3n) is 3.28. The highest BCUT2D eigenvalue weighted by Crippen LogP contribution is 2.33. The highest BCUT2D eigenvalue weighted by Gasteiger charge is 2.25. The zero-order valence-electron chi connectivity index (χ0n) is 9.76. The van der Waals surface area contributed by atoms with Gasteiger partial charge in [-0.3, -0.25) is 0 Å². The minimum atomic E-state index is 0.0809. The average Bonchev–Trinajstić information content (AvgIpc) is 2.93. The first-order valence-corrected chi connectivity index (χ1v) is 5.77. The van der Waals surface area contributed by atoms with E-state index in [1.807, 2.05) is 35.1 Å². The van der Waals surface area contributed by atoms with Gasteiger partial charge in [0, 0.05) is 6.04 Å². The lowest BCUT2D eigenvalue weighted by Crippen LogP contribution is -2.13. The molecule has 17 heavy (non-hydrogen) atoms. The third kappa shape index (κ3) is 1.52. The van der Waals surface area contributed by atoms with Gasteiger partial charge < -0.3 is 10.5 Å². The molecule has 4 heteroatoms. The molecule has 0 aliphatic heterocycles. The van der Waals surface area contributed by atoms with Crippen molar-refractivity contribution < 1.29 is 4.74 Å². The van der Waals surface area contributed by atoms with Gasteiger partial charge in [-0.15, -0.1) is 0 Å². The molecule has 0 saturated carbocycles. The van der Waals surface area contributed by atoms with Crippen LogP contribution >= 0.6 is 0 Å². The van der Waals surface area contributed by atoms with Gasteiger partial charge in [-0.1, -0.05) is 12.1 Å². The number of fused-ring (bicyclic) bond motifs is 1. The number of ether oxygens (including phenoxy) is 1. The lowest BCUT2D eigenvalue weighted by molar-refractivity contribution is 0.411. The molecule has 0 fully saturated rings. The fourth-order valence-corrected chi connectivity index (χ4v) is 2.42. The van der Waals surface area contributed by atoms with Gasteiger partial charge in [-0.2, -0.15) is 5.10 Å². The number of hydrogen-bond acceptors (Lipinski definition) is 3. The molecule has 1 unspecified atom stereocenters. The number of para-hydroxylation sites is 2. The van der Waals surface area contributed by atoms with Gasteiger partial charge in [0.2, 0.25) is 0 Å². The van der Waals surface area contributed by atoms with Crippen LogP contribution in [0.4, 0.5) is 0 Å². The first-order chi connectivity index (χ1) is 8.31. The van der Waals surface area contributed by atoms with E-state index < -0.39 is 0 Å². The van der Waals surface area contributed by atoms with Crippen LogP contribution in [0.2, 0.25) is 0 Å². The van der Waals surface area contributed by atoms with Crippen molar-refractivity contribution in [2.24, 2.45) is 5.73 Å². The molecule has 0 amide bonds. The van der Waals surface area contributed by atoms with E-state index in [-0.39, 0.29) is 6.04 Å². The van der Waals surface area contributed by atoms with Crippen molar-refractivity contribution in [3.63, 3.8) is 0 Å². The highest BCUT2D eigenvalue weighted by molar-refractivity contribution is 5.48. The molecule has 1 heterocycles. The van der Waals surface area contributed by atoms with Crippen molar-refractivity contribution in [1.29, 1.82) is 0 Å². The molecule has 4 nitrogen and oxygen atoms in total. The lowest BCUT2D eigenvalue weighted by atomic mass is 10.2. The summed E-state index contributed by atoms with van der Waals surface area (Å²) >= 11 is 0. The van der Waals surface area contributed by atoms with Crippen LogP contribution < -0.4 is 10.5 Å². The van der Waals surface area contributed by atoms with E-state index in [9.17, 15) is 0 Å². The SMILES string of the molecule is COc1ccccc1-n1ncc2c1C(N)CC2. The molecule has 1 atom stereocenters. The second-order valence-electron chi connectivity index (χ2n) is 4.28. The molecule has 1 aromatic carbocycles. The molecule has 3 rings (SSSR count). The molecule has 88 valence electrons. The molecule has 2 aromatic rings. The highest BCUT2D eigenvalue weighted by atomic mass is 16.5. The van der Waals surface area contributed by atoms with Crippen LogP contribution in [0.25, 0.3) is 5.69 Å². The topological polar surface area (TPSA) is 53.1 Å². The van der Waals surface area contributed by atoms with Crippen molar-refractivity contribution in [2.45, 2.75) is 18.9 Å². The number of aromatic nitrogens is 2. The van der Waals surface area contributed by atoms with Crippen molar-refractivity contribution in [3.05, 3.63) is 41.7 Å². The fourth-order valence-electron chi connectivity index (χ4n) is 2.42. The van der Waals surface area contributed by atoms with E-state index in [1.54, 1.807) is 7.11 Å². The number of benzene rings is 1. The van der Waals surface area contributed by atoms with Crippen LogP contribution in [0.1, 0.15) is 23.7 Å². The van der Waals surface area contributed by atoms with Crippen molar-refractivity contribution >= 4 is 0 Å². The summed E-state index contributed by atoms with van der Waals surface area (Å²) in [6.45, 7) is 0. The zero-order chi connectivity index (χ0) is 11.8. The first-order valence-electron chi connectivity index (χ1n) is 5.77. The van der Waals surface area contributed by atoms with E-state index >= 15 is 0 Å². The van der Waals surface area contributed by atoms with Gasteiger partial charge in [0.15, 0.2) is 0 Å². The number of nitrogens with two attached hydrogens (primary N) is 1. The molecular formula is C13H15N3O. The molecule has 2 N–H and O–H groups in total. The largest absolute Gasteiger partial charge is 0.494 e. The van der Waals surface area contributed by atoms with Crippen LogP contribution in [0, 0.1) is 0 Å². The smallest absolute Gasteiger partial charge is 0.144 e. The summed E-state index contributed by atoms with van der Waals surface area (Å²) in [4.78, 5) is 0. The van der Waals surface area contributed by atoms with Gasteiger partial charge in [0.1, 0.15) is 11.4 Å². The van der Waals surface area contributed by atoms with E-state index in [2.05, 4.69) is 5.10 Å². The summed E-state index contributed by atoms with van der Waals surface area (Å²) in [5, 5.41) is 4.42. The zero-order valence-corrected chi connectivity index (χ0v) is 9.76. The predicted octanol–water partition coefficient (Wildman–Crippen LogP) is 1.83. The van der Waals surface area contributed by atoms with Gasteiger partial charge in [0.25, 0.3) is 0 Å². The Balaban J connectivity index is 2.16. The van der Waals surface area contributed by atoms with Crippen LogP contribution in [0.5, 0.6) is 5.75 Å². The van der Waals surface area contributed by atoms with E-state index in [0.717, 1.165) is 30.0 Å². The van der Waals surface area contributed by atoms with E-state index in [1.165, 1.54) is 5.56 Å². The van der Waals surface area contributed by atoms with Crippen molar-refractivity contribution in [1.82, 2.24) is 9.78 Å². The quantitative estimate of drug-likeness (QED) is 0.854. The Bertz CT molecular complexity index is 547. The number of hydrogen-bond donors (Lipinski definition) is 1. The van der Waals surface area contributed by atoms with Crippen LogP contribution in [0.3, 0.4) is 0 Å². The Morgan fingerprint density at radius 2 is 2.24 bits per heavy atom. The summed E-state index contributed by atoms with van der Waals surface area (Å²) in [5.74, 6) is 0.817. The Morgan fingerprint density at radius 3 is 3.06 bits per heavy atom. The van der Waals surface area contributed by atoms with E-state index in [0.29, 0.717) is 0 Å². The maximum absolute atomic E-state index is 6.12. The number of rotatable bonds is 2. The van der Waals surface area contributed by atoms with Crippen LogP contribution in [-0.4, -0.2) is 16.9 Å². The molecule has 1 aliphatic carbocycles. The van der Waals surface area contributed by atoms with Gasteiger partial charge in [-0.25, -0.2) is 4.68 Å². The van der Waals surface area contributed by atoms with Crippen LogP contribution in [-0.2, 0) is 6.42 Å².